The van der Waals surface area contributed by atoms with Crippen LogP contribution in [0, 0.1) is 0 Å². The number of carbonyl (C=O) groups excluding carboxylic acids is 1. The van der Waals surface area contributed by atoms with Crippen LogP contribution in [0.25, 0.3) is 0 Å². The fourth-order valence-corrected chi connectivity index (χ4v) is 1.20. The summed E-state index contributed by atoms with van der Waals surface area (Å²) in [5.74, 6) is -0.707. The molecule has 0 saturated heterocycles. The van der Waals surface area contributed by atoms with E-state index < -0.39 is 25.3 Å². The van der Waals surface area contributed by atoms with E-state index in [0.29, 0.717) is 10.7 Å². The molecular formula is C10H10ClF3N2O2. The van der Waals surface area contributed by atoms with E-state index in [1.165, 1.54) is 18.2 Å². The first kappa shape index (κ1) is 14.6. The Morgan fingerprint density at radius 2 is 2.11 bits per heavy atom. The fourth-order valence-electron chi connectivity index (χ4n) is 1.08. The lowest BCUT2D eigenvalue weighted by molar-refractivity contribution is -0.174. The Hall–Kier alpha value is -1.47. The van der Waals surface area contributed by atoms with Gasteiger partial charge in [0.2, 0.25) is 5.91 Å². The highest BCUT2D eigenvalue weighted by atomic mass is 35.5. The molecule has 18 heavy (non-hydrogen) atoms. The van der Waals surface area contributed by atoms with Gasteiger partial charge in [-0.1, -0.05) is 11.6 Å². The minimum atomic E-state index is -4.45. The summed E-state index contributed by atoms with van der Waals surface area (Å²) < 4.78 is 39.4. The molecule has 8 heteroatoms. The van der Waals surface area contributed by atoms with Crippen molar-refractivity contribution in [2.24, 2.45) is 0 Å². The quantitative estimate of drug-likeness (QED) is 0.834. The van der Waals surface area contributed by atoms with Crippen molar-refractivity contribution in [3.8, 4) is 0 Å². The van der Waals surface area contributed by atoms with Crippen molar-refractivity contribution in [3.63, 3.8) is 0 Å². The molecule has 0 spiro atoms. The molecule has 0 bridgehead atoms. The SMILES string of the molecule is Nc1cc(NC(=O)COCC(F)(F)F)ccc1Cl. The molecule has 0 aromatic heterocycles. The molecule has 4 nitrogen and oxygen atoms in total. The van der Waals surface area contributed by atoms with Crippen LogP contribution < -0.4 is 11.1 Å². The third kappa shape index (κ3) is 5.24. The van der Waals surface area contributed by atoms with Crippen LogP contribution >= 0.6 is 11.6 Å². The largest absolute Gasteiger partial charge is 0.411 e. The molecule has 0 heterocycles. The number of halogens is 4. The van der Waals surface area contributed by atoms with Gasteiger partial charge in [-0.25, -0.2) is 0 Å². The molecule has 3 N–H and O–H groups in total. The Kier molecular flexibility index (Phi) is 4.80. The number of carbonyl (C=O) groups is 1. The maximum Gasteiger partial charge on any atom is 0.411 e. The molecule has 100 valence electrons. The molecule has 1 rings (SSSR count). The van der Waals surface area contributed by atoms with Gasteiger partial charge in [0.05, 0.1) is 10.7 Å². The van der Waals surface area contributed by atoms with Crippen LogP contribution in [0.15, 0.2) is 18.2 Å². The first-order valence-corrected chi connectivity index (χ1v) is 5.15. The van der Waals surface area contributed by atoms with E-state index in [-0.39, 0.29) is 5.69 Å². The summed E-state index contributed by atoms with van der Waals surface area (Å²) in [5.41, 5.74) is 6.08. The highest BCUT2D eigenvalue weighted by Gasteiger charge is 2.27. The van der Waals surface area contributed by atoms with Crippen molar-refractivity contribution in [1.29, 1.82) is 0 Å². The van der Waals surface area contributed by atoms with Crippen LogP contribution in [0.4, 0.5) is 24.5 Å². The van der Waals surface area contributed by atoms with Gasteiger partial charge in [-0.05, 0) is 18.2 Å². The normalized spacial score (nSPS) is 11.3. The van der Waals surface area contributed by atoms with Crippen molar-refractivity contribution < 1.29 is 22.7 Å². The number of benzene rings is 1. The van der Waals surface area contributed by atoms with Crippen LogP contribution in [0.1, 0.15) is 0 Å². The third-order valence-corrected chi connectivity index (χ3v) is 2.12. The summed E-state index contributed by atoms with van der Waals surface area (Å²) >= 11 is 5.66. The number of nitrogens with one attached hydrogen (secondary N) is 1. The predicted molar refractivity (Wildman–Crippen MR) is 61.4 cm³/mol. The first-order valence-electron chi connectivity index (χ1n) is 4.77. The molecular weight excluding hydrogens is 273 g/mol. The summed E-state index contributed by atoms with van der Waals surface area (Å²) in [4.78, 5) is 11.2. The van der Waals surface area contributed by atoms with Gasteiger partial charge >= 0.3 is 6.18 Å². The van der Waals surface area contributed by atoms with Gasteiger partial charge in [-0.3, -0.25) is 4.79 Å². The molecule has 0 aliphatic heterocycles. The van der Waals surface area contributed by atoms with Gasteiger partial charge in [-0.2, -0.15) is 13.2 Å². The van der Waals surface area contributed by atoms with E-state index >= 15 is 0 Å². The lowest BCUT2D eigenvalue weighted by atomic mass is 10.3. The molecule has 1 amide bonds. The average molecular weight is 283 g/mol. The van der Waals surface area contributed by atoms with Crippen molar-refractivity contribution in [2.75, 3.05) is 24.3 Å². The Bertz CT molecular complexity index is 438. The predicted octanol–water partition coefficient (Wildman–Crippen LogP) is 2.44. The van der Waals surface area contributed by atoms with Crippen molar-refractivity contribution in [3.05, 3.63) is 23.2 Å². The molecule has 0 fully saturated rings. The van der Waals surface area contributed by atoms with E-state index in [1.807, 2.05) is 0 Å². The Morgan fingerprint density at radius 3 is 2.67 bits per heavy atom. The fraction of sp³-hybridized carbons (Fsp3) is 0.300. The minimum absolute atomic E-state index is 0.255. The zero-order valence-electron chi connectivity index (χ0n) is 9.05. The van der Waals surface area contributed by atoms with Crippen LogP contribution in [-0.2, 0) is 9.53 Å². The number of alkyl halides is 3. The maximum atomic E-state index is 11.7. The van der Waals surface area contributed by atoms with E-state index in [9.17, 15) is 18.0 Å². The second-order valence-corrected chi connectivity index (χ2v) is 3.80. The number of amides is 1. The summed E-state index contributed by atoms with van der Waals surface area (Å²) in [5, 5.41) is 2.65. The van der Waals surface area contributed by atoms with Crippen LogP contribution in [0.3, 0.4) is 0 Å². The lowest BCUT2D eigenvalue weighted by Gasteiger charge is -2.09. The smallest absolute Gasteiger partial charge is 0.397 e. The van der Waals surface area contributed by atoms with Gasteiger partial charge in [0.25, 0.3) is 0 Å². The number of hydrogen-bond acceptors (Lipinski definition) is 3. The Labute approximate surface area is 106 Å². The molecule has 0 aliphatic rings. The summed E-state index contributed by atoms with van der Waals surface area (Å²) in [6, 6.07) is 4.33. The number of hydrogen-bond donors (Lipinski definition) is 2. The van der Waals surface area contributed by atoms with Crippen LogP contribution in [0.5, 0.6) is 0 Å². The minimum Gasteiger partial charge on any atom is -0.397 e. The second-order valence-electron chi connectivity index (χ2n) is 3.39. The molecule has 0 saturated carbocycles. The van der Waals surface area contributed by atoms with E-state index in [2.05, 4.69) is 10.1 Å². The number of ether oxygens (including phenoxy) is 1. The van der Waals surface area contributed by atoms with Gasteiger partial charge in [0, 0.05) is 5.69 Å². The maximum absolute atomic E-state index is 11.7. The number of rotatable bonds is 4. The topological polar surface area (TPSA) is 64.3 Å². The van der Waals surface area contributed by atoms with Gasteiger partial charge in [0.15, 0.2) is 0 Å². The highest BCUT2D eigenvalue weighted by molar-refractivity contribution is 6.33. The van der Waals surface area contributed by atoms with Gasteiger partial charge in [-0.15, -0.1) is 0 Å². The average Bonchev–Trinajstić information content (AvgIpc) is 2.21. The molecule has 0 unspecified atom stereocenters. The van der Waals surface area contributed by atoms with E-state index in [0.717, 1.165) is 0 Å². The highest BCUT2D eigenvalue weighted by Crippen LogP contribution is 2.22. The lowest BCUT2D eigenvalue weighted by Crippen LogP contribution is -2.24. The molecule has 0 atom stereocenters. The van der Waals surface area contributed by atoms with Crippen molar-refractivity contribution in [1.82, 2.24) is 0 Å². The zero-order valence-corrected chi connectivity index (χ0v) is 9.81. The Balaban J connectivity index is 2.42. The van der Waals surface area contributed by atoms with Gasteiger partial charge < -0.3 is 15.8 Å². The third-order valence-electron chi connectivity index (χ3n) is 1.78. The zero-order chi connectivity index (χ0) is 13.8. The van der Waals surface area contributed by atoms with Crippen LogP contribution in [0.2, 0.25) is 5.02 Å². The number of anilines is 2. The van der Waals surface area contributed by atoms with Crippen molar-refractivity contribution in [2.45, 2.75) is 6.18 Å². The molecule has 0 aliphatic carbocycles. The molecule has 1 aromatic rings. The summed E-state index contributed by atoms with van der Waals surface area (Å²) in [6.45, 7) is -2.16. The summed E-state index contributed by atoms with van der Waals surface area (Å²) in [6.07, 6.45) is -4.45. The Morgan fingerprint density at radius 1 is 1.44 bits per heavy atom. The molecule has 1 aromatic carbocycles. The van der Waals surface area contributed by atoms with E-state index in [4.69, 9.17) is 17.3 Å². The number of nitrogens with two attached hydrogens (primary N) is 1. The van der Waals surface area contributed by atoms with Crippen LogP contribution in [-0.4, -0.2) is 25.3 Å². The monoisotopic (exact) mass is 282 g/mol. The first-order chi connectivity index (χ1) is 8.28. The molecule has 0 radical (unpaired) electrons. The summed E-state index contributed by atoms with van der Waals surface area (Å²) in [7, 11) is 0. The van der Waals surface area contributed by atoms with Gasteiger partial charge in [0.1, 0.15) is 13.2 Å². The second kappa shape index (κ2) is 5.92. The number of nitrogen functional groups attached to an aromatic ring is 1. The van der Waals surface area contributed by atoms with Crippen molar-refractivity contribution >= 4 is 28.9 Å². The standard InChI is InChI=1S/C10H10ClF3N2O2/c11-7-2-1-6(3-8(7)15)16-9(17)4-18-5-10(12,13)14/h1-3H,4-5,15H2,(H,16,17). The van der Waals surface area contributed by atoms with E-state index in [1.54, 1.807) is 0 Å².